The van der Waals surface area contributed by atoms with Crippen molar-refractivity contribution >= 4 is 7.60 Å². The van der Waals surface area contributed by atoms with Crippen LogP contribution in [0, 0.1) is 29.4 Å². The molecule has 2 N–H and O–H groups in total. The van der Waals surface area contributed by atoms with Gasteiger partial charge in [-0.05, 0) is 86.2 Å². The number of rotatable bonds is 12. The van der Waals surface area contributed by atoms with Crippen molar-refractivity contribution in [2.75, 3.05) is 12.8 Å². The summed E-state index contributed by atoms with van der Waals surface area (Å²) in [6.07, 6.45) is 12.9. The number of hydrogen-bond acceptors (Lipinski definition) is 2. The molecular formula is C25H37F2O4P. The van der Waals surface area contributed by atoms with Crippen LogP contribution in [0.15, 0.2) is 12.1 Å². The molecule has 0 saturated heterocycles. The largest absolute Gasteiger partial charge is 0.490 e. The van der Waals surface area contributed by atoms with E-state index in [1.54, 1.807) is 12.1 Å². The lowest BCUT2D eigenvalue weighted by Gasteiger charge is -2.57. The van der Waals surface area contributed by atoms with Gasteiger partial charge in [0, 0.05) is 6.16 Å². The third kappa shape index (κ3) is 5.74. The van der Waals surface area contributed by atoms with Crippen LogP contribution >= 0.6 is 7.60 Å². The van der Waals surface area contributed by atoms with E-state index < -0.39 is 19.2 Å². The number of ether oxygens (including phenoxy) is 1. The molecule has 0 radical (unpaired) electrons. The van der Waals surface area contributed by atoms with Crippen LogP contribution < -0.4 is 4.74 Å². The number of unbranched alkanes of at least 4 members (excludes halogenated alkanes) is 6. The van der Waals surface area contributed by atoms with E-state index in [2.05, 4.69) is 0 Å². The van der Waals surface area contributed by atoms with Crippen molar-refractivity contribution in [3.63, 3.8) is 0 Å². The molecule has 0 amide bonds. The molecule has 180 valence electrons. The Hall–Kier alpha value is -0.970. The van der Waals surface area contributed by atoms with Gasteiger partial charge >= 0.3 is 7.60 Å². The fourth-order valence-corrected chi connectivity index (χ4v) is 7.61. The molecule has 0 heterocycles. The summed E-state index contributed by atoms with van der Waals surface area (Å²) >= 11 is 0. The molecule has 0 spiro atoms. The van der Waals surface area contributed by atoms with Crippen LogP contribution in [0.3, 0.4) is 0 Å². The molecule has 4 aliphatic rings. The minimum absolute atomic E-state index is 0.0217. The Kier molecular flexibility index (Phi) is 7.63. The van der Waals surface area contributed by atoms with Crippen molar-refractivity contribution in [2.45, 2.75) is 88.9 Å². The summed E-state index contributed by atoms with van der Waals surface area (Å²) in [5.74, 6) is 0.554. The van der Waals surface area contributed by atoms with E-state index in [4.69, 9.17) is 14.5 Å². The van der Waals surface area contributed by atoms with E-state index in [-0.39, 0.29) is 17.3 Å². The number of hydrogen-bond donors (Lipinski definition) is 2. The summed E-state index contributed by atoms with van der Waals surface area (Å²) in [7, 11) is -3.87. The van der Waals surface area contributed by atoms with Crippen molar-refractivity contribution < 1.29 is 27.9 Å². The van der Waals surface area contributed by atoms with E-state index in [1.807, 2.05) is 0 Å². The zero-order valence-electron chi connectivity index (χ0n) is 18.9. The van der Waals surface area contributed by atoms with E-state index >= 15 is 4.39 Å². The normalized spacial score (nSPS) is 28.9. The predicted octanol–water partition coefficient (Wildman–Crippen LogP) is 6.72. The lowest BCUT2D eigenvalue weighted by Crippen LogP contribution is -2.49. The highest BCUT2D eigenvalue weighted by molar-refractivity contribution is 7.51. The third-order valence-corrected chi connectivity index (χ3v) is 8.91. The van der Waals surface area contributed by atoms with Crippen molar-refractivity contribution in [1.29, 1.82) is 0 Å². The van der Waals surface area contributed by atoms with Gasteiger partial charge in [0.15, 0.2) is 11.6 Å². The molecule has 4 fully saturated rings. The van der Waals surface area contributed by atoms with E-state index in [0.717, 1.165) is 57.8 Å². The van der Waals surface area contributed by atoms with Crippen LogP contribution in [0.1, 0.15) is 89.0 Å². The quantitative estimate of drug-likeness (QED) is 0.263. The second kappa shape index (κ2) is 10.1. The molecular weight excluding hydrogens is 433 g/mol. The van der Waals surface area contributed by atoms with Gasteiger partial charge in [-0.1, -0.05) is 38.2 Å². The number of benzene rings is 1. The lowest BCUT2D eigenvalue weighted by atomic mass is 9.48. The van der Waals surface area contributed by atoms with Crippen LogP contribution in [0.4, 0.5) is 8.78 Å². The second-order valence-electron chi connectivity index (χ2n) is 10.6. The second-order valence-corrected chi connectivity index (χ2v) is 12.4. The summed E-state index contributed by atoms with van der Waals surface area (Å²) in [4.78, 5) is 17.7. The molecule has 4 bridgehead atoms. The fourth-order valence-electron chi connectivity index (χ4n) is 6.98. The van der Waals surface area contributed by atoms with Crippen LogP contribution in [-0.4, -0.2) is 22.6 Å². The minimum atomic E-state index is -3.87. The Morgan fingerprint density at radius 3 is 1.94 bits per heavy atom. The van der Waals surface area contributed by atoms with Crippen LogP contribution in [0.5, 0.6) is 5.75 Å². The van der Waals surface area contributed by atoms with Gasteiger partial charge in [-0.2, -0.15) is 4.39 Å². The van der Waals surface area contributed by atoms with Crippen molar-refractivity contribution in [3.8, 4) is 5.75 Å². The van der Waals surface area contributed by atoms with Gasteiger partial charge in [0.2, 0.25) is 5.82 Å². The van der Waals surface area contributed by atoms with Crippen LogP contribution in [0.2, 0.25) is 0 Å². The minimum Gasteiger partial charge on any atom is -0.490 e. The first kappa shape index (κ1) is 24.2. The predicted molar refractivity (Wildman–Crippen MR) is 121 cm³/mol. The van der Waals surface area contributed by atoms with E-state index in [9.17, 15) is 8.96 Å². The summed E-state index contributed by atoms with van der Waals surface area (Å²) in [6.45, 7) is 0.366. The molecule has 4 saturated carbocycles. The molecule has 4 nitrogen and oxygen atoms in total. The van der Waals surface area contributed by atoms with Gasteiger partial charge in [-0.25, -0.2) is 4.39 Å². The maximum absolute atomic E-state index is 15.1. The summed E-state index contributed by atoms with van der Waals surface area (Å²) in [6, 6.07) is 3.42. The maximum atomic E-state index is 15.1. The van der Waals surface area contributed by atoms with Gasteiger partial charge in [0.05, 0.1) is 6.61 Å². The molecule has 4 aliphatic carbocycles. The monoisotopic (exact) mass is 470 g/mol. The van der Waals surface area contributed by atoms with Gasteiger partial charge < -0.3 is 14.5 Å². The molecule has 1 aromatic carbocycles. The molecule has 5 rings (SSSR count). The van der Waals surface area contributed by atoms with Gasteiger partial charge in [0.25, 0.3) is 0 Å². The molecule has 0 aromatic heterocycles. The van der Waals surface area contributed by atoms with Crippen molar-refractivity contribution in [2.24, 2.45) is 17.8 Å². The fraction of sp³-hybridized carbons (Fsp3) is 0.760. The molecule has 1 aromatic rings. The average Bonchev–Trinajstić information content (AvgIpc) is 2.70. The SMILES string of the molecule is O=P(O)(O)CCCCCCCCCOc1ccc(C23CC4CC(CC(C4)C2)C3)c(F)c1F. The lowest BCUT2D eigenvalue weighted by molar-refractivity contribution is -0.00708. The highest BCUT2D eigenvalue weighted by Gasteiger charge is 2.52. The molecule has 7 heteroatoms. The van der Waals surface area contributed by atoms with E-state index in [1.165, 1.54) is 19.3 Å². The maximum Gasteiger partial charge on any atom is 0.325 e. The molecule has 32 heavy (non-hydrogen) atoms. The summed E-state index contributed by atoms with van der Waals surface area (Å²) < 4.78 is 46.3. The highest BCUT2D eigenvalue weighted by atomic mass is 31.2. The molecule has 0 aliphatic heterocycles. The first-order valence-electron chi connectivity index (χ1n) is 12.4. The van der Waals surface area contributed by atoms with Crippen LogP contribution in [-0.2, 0) is 9.98 Å². The van der Waals surface area contributed by atoms with Gasteiger partial charge in [0.1, 0.15) is 0 Å². The standard InChI is InChI=1S/C25H37F2O4P/c26-23-21(25-15-18-12-19(16-25)14-20(13-18)17-25)8-9-22(24(23)27)31-10-6-4-2-1-3-5-7-11-32(28,29)30/h8-9,18-20H,1-7,10-17H2,(H2,28,29,30). The van der Waals surface area contributed by atoms with Crippen molar-refractivity contribution in [3.05, 3.63) is 29.3 Å². The zero-order chi connectivity index (χ0) is 22.8. The molecule has 0 atom stereocenters. The van der Waals surface area contributed by atoms with Gasteiger partial charge in [-0.15, -0.1) is 0 Å². The highest BCUT2D eigenvalue weighted by Crippen LogP contribution is 2.61. The Balaban J connectivity index is 1.20. The topological polar surface area (TPSA) is 66.8 Å². The first-order valence-corrected chi connectivity index (χ1v) is 14.2. The Morgan fingerprint density at radius 1 is 0.844 bits per heavy atom. The summed E-state index contributed by atoms with van der Waals surface area (Å²) in [5.41, 5.74) is 0.420. The molecule has 0 unspecified atom stereocenters. The number of halogens is 2. The van der Waals surface area contributed by atoms with E-state index in [0.29, 0.717) is 36.3 Å². The zero-order valence-corrected chi connectivity index (χ0v) is 19.8. The third-order valence-electron chi connectivity index (χ3n) is 8.01. The van der Waals surface area contributed by atoms with Crippen molar-refractivity contribution in [1.82, 2.24) is 0 Å². The Morgan fingerprint density at radius 2 is 1.38 bits per heavy atom. The smallest absolute Gasteiger partial charge is 0.325 e. The van der Waals surface area contributed by atoms with Crippen LogP contribution in [0.25, 0.3) is 0 Å². The summed E-state index contributed by atoms with van der Waals surface area (Å²) in [5, 5.41) is 0. The first-order chi connectivity index (χ1) is 15.3. The Labute approximate surface area is 190 Å². The van der Waals surface area contributed by atoms with Gasteiger partial charge in [-0.3, -0.25) is 4.57 Å². The average molecular weight is 471 g/mol. The Bertz CT molecular complexity index is 802.